The van der Waals surface area contributed by atoms with Crippen LogP contribution < -0.4 is 10.6 Å². The number of para-hydroxylation sites is 1. The molecule has 0 aromatic heterocycles. The van der Waals surface area contributed by atoms with Crippen molar-refractivity contribution in [1.29, 1.82) is 5.26 Å². The Balaban J connectivity index is 2.03. The predicted molar refractivity (Wildman–Crippen MR) is 74.6 cm³/mol. The Labute approximate surface area is 113 Å². The highest BCUT2D eigenvalue weighted by molar-refractivity contribution is 5.96. The van der Waals surface area contributed by atoms with Crippen LogP contribution in [-0.4, -0.2) is 18.5 Å². The van der Waals surface area contributed by atoms with Crippen molar-refractivity contribution in [2.24, 2.45) is 5.92 Å². The van der Waals surface area contributed by atoms with Crippen molar-refractivity contribution < 1.29 is 4.79 Å². The van der Waals surface area contributed by atoms with E-state index in [2.05, 4.69) is 23.6 Å². The number of hydrogen-bond donors (Lipinski definition) is 2. The van der Waals surface area contributed by atoms with Crippen molar-refractivity contribution in [3.05, 3.63) is 29.8 Å². The van der Waals surface area contributed by atoms with E-state index >= 15 is 0 Å². The minimum atomic E-state index is -0.148. The Bertz CT molecular complexity index is 492. The lowest BCUT2D eigenvalue weighted by molar-refractivity contribution is -0.119. The number of carbonyl (C=O) groups is 1. The van der Waals surface area contributed by atoms with Gasteiger partial charge in [-0.1, -0.05) is 25.5 Å². The average molecular weight is 257 g/mol. The molecule has 2 unspecified atom stereocenters. The summed E-state index contributed by atoms with van der Waals surface area (Å²) < 4.78 is 0. The Morgan fingerprint density at radius 2 is 2.32 bits per heavy atom. The summed E-state index contributed by atoms with van der Waals surface area (Å²) in [5.41, 5.74) is 1.09. The van der Waals surface area contributed by atoms with Crippen LogP contribution in [0.3, 0.4) is 0 Å². The highest BCUT2D eigenvalue weighted by Gasteiger charge is 2.26. The highest BCUT2D eigenvalue weighted by atomic mass is 16.2. The monoisotopic (exact) mass is 257 g/mol. The minimum absolute atomic E-state index is 0.0409. The number of nitrogens with zero attached hydrogens (tertiary/aromatic N) is 1. The molecule has 1 heterocycles. The summed E-state index contributed by atoms with van der Waals surface area (Å²) in [5.74, 6) is 0.573. The van der Waals surface area contributed by atoms with Crippen molar-refractivity contribution in [1.82, 2.24) is 5.32 Å². The van der Waals surface area contributed by atoms with Gasteiger partial charge >= 0.3 is 0 Å². The molecule has 0 bridgehead atoms. The van der Waals surface area contributed by atoms with Crippen LogP contribution in [0.1, 0.15) is 31.7 Å². The molecule has 1 aliphatic heterocycles. The van der Waals surface area contributed by atoms with Gasteiger partial charge in [0.1, 0.15) is 6.07 Å². The number of anilines is 1. The molecule has 1 aliphatic rings. The molecule has 4 heteroatoms. The van der Waals surface area contributed by atoms with Crippen LogP contribution in [0.2, 0.25) is 0 Å². The largest absolute Gasteiger partial charge is 0.324 e. The van der Waals surface area contributed by atoms with E-state index in [1.165, 1.54) is 0 Å². The summed E-state index contributed by atoms with van der Waals surface area (Å²) in [6.45, 7) is 3.05. The Morgan fingerprint density at radius 3 is 3.05 bits per heavy atom. The second-order valence-electron chi connectivity index (χ2n) is 4.95. The molecule has 0 aliphatic carbocycles. The fourth-order valence-electron chi connectivity index (χ4n) is 2.48. The van der Waals surface area contributed by atoms with Crippen molar-refractivity contribution >= 4 is 11.6 Å². The van der Waals surface area contributed by atoms with Crippen LogP contribution >= 0.6 is 0 Å². The first-order valence-corrected chi connectivity index (χ1v) is 6.78. The van der Waals surface area contributed by atoms with Crippen LogP contribution in [0.5, 0.6) is 0 Å². The number of amides is 1. The number of piperidine rings is 1. The van der Waals surface area contributed by atoms with Crippen LogP contribution in [-0.2, 0) is 4.79 Å². The molecule has 4 nitrogen and oxygen atoms in total. The molecule has 19 heavy (non-hydrogen) atoms. The van der Waals surface area contributed by atoms with E-state index in [1.807, 2.05) is 6.07 Å². The standard InChI is InChI=1S/C15H19N3O/c1-2-11-7-8-17-14(9-11)15(19)18-13-6-4-3-5-12(13)10-16/h3-6,11,14,17H,2,7-9H2,1H3,(H,18,19). The third kappa shape index (κ3) is 3.33. The lowest BCUT2D eigenvalue weighted by Gasteiger charge is -2.28. The molecule has 0 spiro atoms. The summed E-state index contributed by atoms with van der Waals surface area (Å²) in [6.07, 6.45) is 3.12. The molecule has 0 saturated carbocycles. The summed E-state index contributed by atoms with van der Waals surface area (Å²) >= 11 is 0. The Hall–Kier alpha value is -1.86. The van der Waals surface area contributed by atoms with Gasteiger partial charge in [-0.05, 0) is 37.4 Å². The Morgan fingerprint density at radius 1 is 1.53 bits per heavy atom. The maximum Gasteiger partial charge on any atom is 0.241 e. The van der Waals surface area contributed by atoms with Crippen LogP contribution in [0.4, 0.5) is 5.69 Å². The number of carbonyl (C=O) groups excluding carboxylic acids is 1. The van der Waals surface area contributed by atoms with E-state index in [0.29, 0.717) is 17.2 Å². The fraction of sp³-hybridized carbons (Fsp3) is 0.467. The zero-order valence-electron chi connectivity index (χ0n) is 11.1. The number of nitriles is 1. The molecule has 1 aromatic rings. The van der Waals surface area contributed by atoms with E-state index in [4.69, 9.17) is 5.26 Å². The fourth-order valence-corrected chi connectivity index (χ4v) is 2.48. The predicted octanol–water partition coefficient (Wildman–Crippen LogP) is 2.27. The lowest BCUT2D eigenvalue weighted by Crippen LogP contribution is -2.46. The van der Waals surface area contributed by atoms with Crippen molar-refractivity contribution in [2.75, 3.05) is 11.9 Å². The smallest absolute Gasteiger partial charge is 0.241 e. The molecule has 1 amide bonds. The average Bonchev–Trinajstić information content (AvgIpc) is 2.47. The number of rotatable bonds is 3. The quantitative estimate of drug-likeness (QED) is 0.873. The van der Waals surface area contributed by atoms with Gasteiger partial charge in [-0.15, -0.1) is 0 Å². The van der Waals surface area contributed by atoms with Crippen LogP contribution in [0, 0.1) is 17.2 Å². The van der Waals surface area contributed by atoms with Gasteiger partial charge < -0.3 is 10.6 Å². The summed E-state index contributed by atoms with van der Waals surface area (Å²) in [5, 5.41) is 15.1. The summed E-state index contributed by atoms with van der Waals surface area (Å²) in [6, 6.07) is 9.02. The third-order valence-corrected chi connectivity index (χ3v) is 3.71. The van der Waals surface area contributed by atoms with Gasteiger partial charge in [-0.25, -0.2) is 0 Å². The molecular weight excluding hydrogens is 238 g/mol. The highest BCUT2D eigenvalue weighted by Crippen LogP contribution is 2.21. The van der Waals surface area contributed by atoms with E-state index in [-0.39, 0.29) is 11.9 Å². The molecule has 1 aromatic carbocycles. The molecule has 0 radical (unpaired) electrons. The van der Waals surface area contributed by atoms with Crippen molar-refractivity contribution in [3.63, 3.8) is 0 Å². The maximum absolute atomic E-state index is 12.2. The van der Waals surface area contributed by atoms with Gasteiger partial charge in [0.2, 0.25) is 5.91 Å². The van der Waals surface area contributed by atoms with E-state index < -0.39 is 0 Å². The summed E-state index contributed by atoms with van der Waals surface area (Å²) in [4.78, 5) is 12.2. The minimum Gasteiger partial charge on any atom is -0.324 e. The van der Waals surface area contributed by atoms with Gasteiger partial charge in [-0.2, -0.15) is 5.26 Å². The van der Waals surface area contributed by atoms with Crippen LogP contribution in [0.25, 0.3) is 0 Å². The molecule has 100 valence electrons. The lowest BCUT2D eigenvalue weighted by atomic mass is 9.90. The van der Waals surface area contributed by atoms with Crippen molar-refractivity contribution in [3.8, 4) is 6.07 Å². The van der Waals surface area contributed by atoms with E-state index in [0.717, 1.165) is 25.8 Å². The Kier molecular flexibility index (Phi) is 4.53. The molecule has 2 atom stereocenters. The van der Waals surface area contributed by atoms with E-state index in [9.17, 15) is 4.79 Å². The molecule has 2 rings (SSSR count). The molecule has 1 fully saturated rings. The SMILES string of the molecule is CCC1CCNC(C(=O)Nc2ccccc2C#N)C1. The topological polar surface area (TPSA) is 64.9 Å². The third-order valence-electron chi connectivity index (χ3n) is 3.71. The van der Waals surface area contributed by atoms with Gasteiger partial charge in [0.15, 0.2) is 0 Å². The summed E-state index contributed by atoms with van der Waals surface area (Å²) in [7, 11) is 0. The van der Waals surface area contributed by atoms with Gasteiger partial charge in [0, 0.05) is 0 Å². The molecule has 1 saturated heterocycles. The molecular formula is C15H19N3O. The van der Waals surface area contributed by atoms with Gasteiger partial charge in [0.25, 0.3) is 0 Å². The van der Waals surface area contributed by atoms with Crippen LogP contribution in [0.15, 0.2) is 24.3 Å². The zero-order chi connectivity index (χ0) is 13.7. The first-order valence-electron chi connectivity index (χ1n) is 6.78. The second kappa shape index (κ2) is 6.35. The number of nitrogens with one attached hydrogen (secondary N) is 2. The van der Waals surface area contributed by atoms with E-state index in [1.54, 1.807) is 18.2 Å². The second-order valence-corrected chi connectivity index (χ2v) is 4.95. The normalized spacial score (nSPS) is 22.5. The van der Waals surface area contributed by atoms with Gasteiger partial charge in [0.05, 0.1) is 17.3 Å². The molecule has 2 N–H and O–H groups in total. The maximum atomic E-state index is 12.2. The first-order chi connectivity index (χ1) is 9.24. The van der Waals surface area contributed by atoms with Gasteiger partial charge in [-0.3, -0.25) is 4.79 Å². The van der Waals surface area contributed by atoms with Crippen molar-refractivity contribution in [2.45, 2.75) is 32.2 Å². The number of hydrogen-bond acceptors (Lipinski definition) is 3. The first kappa shape index (κ1) is 13.6. The number of benzene rings is 1. The zero-order valence-corrected chi connectivity index (χ0v) is 11.1.